The maximum Gasteiger partial charge on any atom is 0.256 e. The predicted molar refractivity (Wildman–Crippen MR) is 88.5 cm³/mol. The highest BCUT2D eigenvalue weighted by Gasteiger charge is 2.24. The second-order valence-electron chi connectivity index (χ2n) is 6.14. The summed E-state index contributed by atoms with van der Waals surface area (Å²) in [5, 5.41) is 11.8. The third-order valence-electron chi connectivity index (χ3n) is 4.42. The number of H-pyrrole nitrogens is 1. The van der Waals surface area contributed by atoms with Crippen LogP contribution in [0.25, 0.3) is 10.9 Å². The first-order valence-corrected chi connectivity index (χ1v) is 8.06. The Hall–Kier alpha value is -2.67. The van der Waals surface area contributed by atoms with Gasteiger partial charge in [0.05, 0.1) is 29.5 Å². The number of hydrogen-bond acceptors (Lipinski definition) is 5. The fraction of sp³-hybridized carbons (Fsp3) is 0.353. The van der Waals surface area contributed by atoms with Crippen LogP contribution >= 0.6 is 0 Å². The van der Waals surface area contributed by atoms with Gasteiger partial charge in [-0.3, -0.25) is 14.8 Å². The standard InChI is InChI=1S/C17H19N5O2/c1-12-9-14(24-20-12)11-21-5-7-22(8-6-21)17(23)15-4-2-3-13-10-18-19-16(13)15/h2-4,9-10H,5-8,11H2,1H3,(H,18,19). The lowest BCUT2D eigenvalue weighted by atomic mass is 10.1. The van der Waals surface area contributed by atoms with Crippen LogP contribution in [0, 0.1) is 6.92 Å². The van der Waals surface area contributed by atoms with Crippen molar-refractivity contribution >= 4 is 16.8 Å². The Labute approximate surface area is 139 Å². The molecule has 0 atom stereocenters. The van der Waals surface area contributed by atoms with Gasteiger partial charge in [-0.2, -0.15) is 5.10 Å². The average molecular weight is 325 g/mol. The number of aromatic nitrogens is 3. The summed E-state index contributed by atoms with van der Waals surface area (Å²) >= 11 is 0. The molecule has 1 aliphatic rings. The normalized spacial score (nSPS) is 16.0. The molecule has 2 aromatic heterocycles. The summed E-state index contributed by atoms with van der Waals surface area (Å²) < 4.78 is 5.27. The second-order valence-corrected chi connectivity index (χ2v) is 6.14. The van der Waals surface area contributed by atoms with E-state index in [1.807, 2.05) is 36.1 Å². The lowest BCUT2D eigenvalue weighted by Gasteiger charge is -2.34. The minimum absolute atomic E-state index is 0.0556. The molecule has 0 unspecified atom stereocenters. The number of para-hydroxylation sites is 1. The summed E-state index contributed by atoms with van der Waals surface area (Å²) in [6.45, 7) is 5.71. The van der Waals surface area contributed by atoms with Gasteiger partial charge >= 0.3 is 0 Å². The van der Waals surface area contributed by atoms with Crippen molar-refractivity contribution in [2.75, 3.05) is 26.2 Å². The van der Waals surface area contributed by atoms with Crippen molar-refractivity contribution in [3.05, 3.63) is 47.5 Å². The molecular weight excluding hydrogens is 306 g/mol. The molecule has 7 nitrogen and oxygen atoms in total. The summed E-state index contributed by atoms with van der Waals surface area (Å²) in [6, 6.07) is 7.66. The largest absolute Gasteiger partial charge is 0.360 e. The number of hydrogen-bond donors (Lipinski definition) is 1. The maximum absolute atomic E-state index is 12.8. The number of piperazine rings is 1. The molecule has 1 aromatic carbocycles. The van der Waals surface area contributed by atoms with E-state index in [0.717, 1.165) is 42.0 Å². The Morgan fingerprint density at radius 1 is 1.29 bits per heavy atom. The molecule has 4 rings (SSSR count). The first-order valence-electron chi connectivity index (χ1n) is 8.06. The molecule has 1 N–H and O–H groups in total. The molecule has 124 valence electrons. The number of nitrogens with zero attached hydrogens (tertiary/aromatic N) is 4. The molecule has 1 saturated heterocycles. The quantitative estimate of drug-likeness (QED) is 0.795. The van der Waals surface area contributed by atoms with Crippen molar-refractivity contribution in [1.29, 1.82) is 0 Å². The molecule has 0 saturated carbocycles. The summed E-state index contributed by atoms with van der Waals surface area (Å²) in [4.78, 5) is 17.0. The molecule has 7 heteroatoms. The van der Waals surface area contributed by atoms with E-state index in [1.165, 1.54) is 0 Å². The van der Waals surface area contributed by atoms with Crippen LogP contribution < -0.4 is 0 Å². The van der Waals surface area contributed by atoms with Crippen LogP contribution in [-0.4, -0.2) is 57.2 Å². The van der Waals surface area contributed by atoms with E-state index in [0.29, 0.717) is 18.7 Å². The second kappa shape index (κ2) is 6.09. The molecule has 0 spiro atoms. The van der Waals surface area contributed by atoms with Crippen LogP contribution in [0.15, 0.2) is 35.0 Å². The monoisotopic (exact) mass is 325 g/mol. The molecule has 24 heavy (non-hydrogen) atoms. The highest BCUT2D eigenvalue weighted by atomic mass is 16.5. The molecule has 1 aliphatic heterocycles. The van der Waals surface area contributed by atoms with Crippen molar-refractivity contribution in [3.8, 4) is 0 Å². The van der Waals surface area contributed by atoms with Crippen molar-refractivity contribution in [2.24, 2.45) is 0 Å². The Morgan fingerprint density at radius 2 is 2.12 bits per heavy atom. The zero-order chi connectivity index (χ0) is 16.5. The first-order chi connectivity index (χ1) is 11.7. The van der Waals surface area contributed by atoms with E-state index in [1.54, 1.807) is 6.20 Å². The van der Waals surface area contributed by atoms with Gasteiger partial charge in [-0.1, -0.05) is 17.3 Å². The molecule has 3 heterocycles. The van der Waals surface area contributed by atoms with Crippen LogP contribution in [0.1, 0.15) is 21.8 Å². The van der Waals surface area contributed by atoms with Gasteiger partial charge < -0.3 is 9.42 Å². The van der Waals surface area contributed by atoms with Crippen molar-refractivity contribution in [1.82, 2.24) is 25.2 Å². The number of fused-ring (bicyclic) bond motifs is 1. The smallest absolute Gasteiger partial charge is 0.256 e. The van der Waals surface area contributed by atoms with Crippen molar-refractivity contribution < 1.29 is 9.32 Å². The van der Waals surface area contributed by atoms with Crippen molar-refractivity contribution in [2.45, 2.75) is 13.5 Å². The fourth-order valence-electron chi connectivity index (χ4n) is 3.14. The summed E-state index contributed by atoms with van der Waals surface area (Å²) in [7, 11) is 0. The lowest BCUT2D eigenvalue weighted by Crippen LogP contribution is -2.48. The van der Waals surface area contributed by atoms with E-state index < -0.39 is 0 Å². The van der Waals surface area contributed by atoms with E-state index >= 15 is 0 Å². The lowest BCUT2D eigenvalue weighted by molar-refractivity contribution is 0.0619. The zero-order valence-corrected chi connectivity index (χ0v) is 13.5. The molecule has 1 fully saturated rings. The van der Waals surface area contributed by atoms with E-state index in [4.69, 9.17) is 4.52 Å². The van der Waals surface area contributed by atoms with Gasteiger partial charge in [0, 0.05) is 37.6 Å². The number of benzene rings is 1. The van der Waals surface area contributed by atoms with Gasteiger partial charge in [-0.25, -0.2) is 0 Å². The van der Waals surface area contributed by atoms with Gasteiger partial charge in [0.2, 0.25) is 0 Å². The average Bonchev–Trinajstić information content (AvgIpc) is 3.23. The van der Waals surface area contributed by atoms with Crippen LogP contribution in [0.5, 0.6) is 0 Å². The van der Waals surface area contributed by atoms with Crippen molar-refractivity contribution in [3.63, 3.8) is 0 Å². The Balaban J connectivity index is 1.42. The predicted octanol–water partition coefficient (Wildman–Crippen LogP) is 1.82. The highest BCUT2D eigenvalue weighted by Crippen LogP contribution is 2.19. The summed E-state index contributed by atoms with van der Waals surface area (Å²) in [5.41, 5.74) is 2.39. The molecule has 1 amide bonds. The van der Waals surface area contributed by atoms with Crippen LogP contribution in [0.2, 0.25) is 0 Å². The summed E-state index contributed by atoms with van der Waals surface area (Å²) in [6.07, 6.45) is 1.74. The molecule has 3 aromatic rings. The minimum Gasteiger partial charge on any atom is -0.360 e. The summed E-state index contributed by atoms with van der Waals surface area (Å²) in [5.74, 6) is 0.925. The van der Waals surface area contributed by atoms with Crippen LogP contribution in [-0.2, 0) is 6.54 Å². The number of carbonyl (C=O) groups is 1. The van der Waals surface area contributed by atoms with Gasteiger partial charge in [0.1, 0.15) is 0 Å². The van der Waals surface area contributed by atoms with Gasteiger partial charge in [-0.05, 0) is 13.0 Å². The molecule has 0 aliphatic carbocycles. The minimum atomic E-state index is 0.0556. The number of rotatable bonds is 3. The molecule has 0 bridgehead atoms. The Morgan fingerprint density at radius 3 is 2.88 bits per heavy atom. The third-order valence-corrected chi connectivity index (χ3v) is 4.42. The topological polar surface area (TPSA) is 78.3 Å². The van der Waals surface area contributed by atoms with E-state index in [2.05, 4.69) is 20.3 Å². The molecular formula is C17H19N5O2. The number of carbonyl (C=O) groups excluding carboxylic acids is 1. The zero-order valence-electron chi connectivity index (χ0n) is 13.5. The highest BCUT2D eigenvalue weighted by molar-refractivity contribution is 6.05. The number of nitrogens with one attached hydrogen (secondary N) is 1. The Kier molecular flexibility index (Phi) is 3.78. The Bertz CT molecular complexity index is 861. The number of amides is 1. The number of aromatic amines is 1. The van der Waals surface area contributed by atoms with Crippen LogP contribution in [0.4, 0.5) is 0 Å². The molecule has 0 radical (unpaired) electrons. The van der Waals surface area contributed by atoms with Crippen LogP contribution in [0.3, 0.4) is 0 Å². The van der Waals surface area contributed by atoms with Gasteiger partial charge in [0.25, 0.3) is 5.91 Å². The van der Waals surface area contributed by atoms with Gasteiger partial charge in [0.15, 0.2) is 5.76 Å². The third kappa shape index (κ3) is 2.78. The van der Waals surface area contributed by atoms with E-state index in [-0.39, 0.29) is 5.91 Å². The number of aryl methyl sites for hydroxylation is 1. The van der Waals surface area contributed by atoms with E-state index in [9.17, 15) is 4.79 Å². The maximum atomic E-state index is 12.8. The van der Waals surface area contributed by atoms with Gasteiger partial charge in [-0.15, -0.1) is 0 Å². The fourth-order valence-corrected chi connectivity index (χ4v) is 3.14. The first kappa shape index (κ1) is 14.9. The SMILES string of the molecule is Cc1cc(CN2CCN(C(=O)c3cccc4cn[nH]c34)CC2)on1.